The molecular weight excluding hydrogens is 162 g/mol. The van der Waals surface area contributed by atoms with Crippen LogP contribution in [0.5, 0.6) is 0 Å². The molecule has 0 radical (unpaired) electrons. The molecule has 0 heterocycles. The largest absolute Gasteiger partial charge is 0.299 e. The second-order valence-electron chi connectivity index (χ2n) is 3.71. The molecule has 0 aliphatic carbocycles. The predicted octanol–water partition coefficient (Wildman–Crippen LogP) is 2.89. The van der Waals surface area contributed by atoms with Gasteiger partial charge in [-0.2, -0.15) is 0 Å². The monoisotopic (exact) mass is 178 g/mol. The highest BCUT2D eigenvalue weighted by Crippen LogP contribution is 2.28. The molecular formula is C9H16F2O. The van der Waals surface area contributed by atoms with Crippen LogP contribution in [-0.2, 0) is 4.79 Å². The minimum absolute atomic E-state index is 0.297. The lowest BCUT2D eigenvalue weighted by molar-refractivity contribution is -0.132. The first-order chi connectivity index (χ1) is 5.27. The van der Waals surface area contributed by atoms with Crippen molar-refractivity contribution in [2.24, 2.45) is 11.8 Å². The van der Waals surface area contributed by atoms with Crippen LogP contribution < -0.4 is 0 Å². The third kappa shape index (κ3) is 3.28. The Labute approximate surface area is 72.2 Å². The van der Waals surface area contributed by atoms with E-state index in [0.29, 0.717) is 0 Å². The van der Waals surface area contributed by atoms with Gasteiger partial charge in [-0.25, -0.2) is 8.78 Å². The Morgan fingerprint density at radius 2 is 1.67 bits per heavy atom. The maximum absolute atomic E-state index is 12.9. The number of hydrogen-bond acceptors (Lipinski definition) is 1. The molecule has 0 aromatic heterocycles. The molecule has 0 atom stereocenters. The fourth-order valence-electron chi connectivity index (χ4n) is 0.641. The van der Waals surface area contributed by atoms with Gasteiger partial charge in [0, 0.05) is 11.8 Å². The molecule has 0 amide bonds. The SMILES string of the molecule is CC(C)C(=O)CC(F)(F)C(C)C. The molecule has 0 aliphatic heterocycles. The summed E-state index contributed by atoms with van der Waals surface area (Å²) in [6.07, 6.45) is -0.623. The van der Waals surface area contributed by atoms with Crippen LogP contribution in [0.3, 0.4) is 0 Å². The quantitative estimate of drug-likeness (QED) is 0.647. The summed E-state index contributed by atoms with van der Waals surface area (Å²) in [5, 5.41) is 0. The second-order valence-corrected chi connectivity index (χ2v) is 3.71. The molecule has 0 rings (SSSR count). The van der Waals surface area contributed by atoms with Crippen molar-refractivity contribution in [1.82, 2.24) is 0 Å². The van der Waals surface area contributed by atoms with Crippen LogP contribution in [0.1, 0.15) is 34.1 Å². The predicted molar refractivity (Wildman–Crippen MR) is 44.2 cm³/mol. The molecule has 12 heavy (non-hydrogen) atoms. The van der Waals surface area contributed by atoms with E-state index in [2.05, 4.69) is 0 Å². The smallest absolute Gasteiger partial charge is 0.257 e. The summed E-state index contributed by atoms with van der Waals surface area (Å²) in [7, 11) is 0. The first-order valence-electron chi connectivity index (χ1n) is 4.18. The van der Waals surface area contributed by atoms with Gasteiger partial charge in [-0.15, -0.1) is 0 Å². The van der Waals surface area contributed by atoms with Crippen LogP contribution in [0.2, 0.25) is 0 Å². The van der Waals surface area contributed by atoms with Gasteiger partial charge >= 0.3 is 0 Å². The molecule has 72 valence electrons. The number of ketones is 1. The van der Waals surface area contributed by atoms with Gasteiger partial charge in [0.1, 0.15) is 5.78 Å². The summed E-state index contributed by atoms with van der Waals surface area (Å²) in [6, 6.07) is 0. The van der Waals surface area contributed by atoms with E-state index in [4.69, 9.17) is 0 Å². The second kappa shape index (κ2) is 3.97. The van der Waals surface area contributed by atoms with E-state index < -0.39 is 18.3 Å². The Kier molecular flexibility index (Phi) is 3.81. The van der Waals surface area contributed by atoms with Crippen LogP contribution in [0, 0.1) is 11.8 Å². The fourth-order valence-corrected chi connectivity index (χ4v) is 0.641. The number of Topliss-reactive ketones (excluding diaryl/α,β-unsaturated/α-hetero) is 1. The summed E-state index contributed by atoms with van der Waals surface area (Å²) in [5.41, 5.74) is 0. The third-order valence-electron chi connectivity index (χ3n) is 1.90. The van der Waals surface area contributed by atoms with E-state index in [1.54, 1.807) is 13.8 Å². The fraction of sp³-hybridized carbons (Fsp3) is 0.889. The van der Waals surface area contributed by atoms with Crippen molar-refractivity contribution in [1.29, 1.82) is 0 Å². The number of carbonyl (C=O) groups excluding carboxylic acids is 1. The molecule has 3 heteroatoms. The van der Waals surface area contributed by atoms with Gasteiger partial charge in [-0.05, 0) is 0 Å². The van der Waals surface area contributed by atoms with Crippen molar-refractivity contribution in [3.8, 4) is 0 Å². The topological polar surface area (TPSA) is 17.1 Å². The number of halogens is 2. The molecule has 0 saturated carbocycles. The van der Waals surface area contributed by atoms with Crippen molar-refractivity contribution in [3.63, 3.8) is 0 Å². The average Bonchev–Trinajstić information content (AvgIpc) is 1.85. The summed E-state index contributed by atoms with van der Waals surface area (Å²) in [4.78, 5) is 11.0. The Hall–Kier alpha value is -0.470. The third-order valence-corrected chi connectivity index (χ3v) is 1.90. The zero-order chi connectivity index (χ0) is 9.94. The van der Waals surface area contributed by atoms with Crippen LogP contribution in [0.25, 0.3) is 0 Å². The first-order valence-corrected chi connectivity index (χ1v) is 4.18. The van der Waals surface area contributed by atoms with Gasteiger partial charge in [0.2, 0.25) is 0 Å². The highest BCUT2D eigenvalue weighted by Gasteiger charge is 2.36. The van der Waals surface area contributed by atoms with Gasteiger partial charge < -0.3 is 0 Å². The van der Waals surface area contributed by atoms with Gasteiger partial charge in [0.25, 0.3) is 5.92 Å². The minimum atomic E-state index is -2.85. The lowest BCUT2D eigenvalue weighted by atomic mass is 9.96. The Morgan fingerprint density at radius 1 is 1.25 bits per heavy atom. The van der Waals surface area contributed by atoms with Gasteiger partial charge in [0.15, 0.2) is 0 Å². The summed E-state index contributed by atoms with van der Waals surface area (Å²) >= 11 is 0. The number of alkyl halides is 2. The van der Waals surface area contributed by atoms with Crippen LogP contribution in [-0.4, -0.2) is 11.7 Å². The highest BCUT2D eigenvalue weighted by molar-refractivity contribution is 5.81. The molecule has 0 saturated heterocycles. The van der Waals surface area contributed by atoms with E-state index >= 15 is 0 Å². The van der Waals surface area contributed by atoms with Crippen molar-refractivity contribution < 1.29 is 13.6 Å². The summed E-state index contributed by atoms with van der Waals surface area (Å²) < 4.78 is 25.9. The number of hydrogen-bond donors (Lipinski definition) is 0. The van der Waals surface area contributed by atoms with Gasteiger partial charge in [0.05, 0.1) is 6.42 Å². The zero-order valence-electron chi connectivity index (χ0n) is 8.03. The Morgan fingerprint density at radius 3 is 1.92 bits per heavy atom. The molecule has 0 aromatic carbocycles. The number of rotatable bonds is 4. The minimum Gasteiger partial charge on any atom is -0.299 e. The van der Waals surface area contributed by atoms with Crippen molar-refractivity contribution in [3.05, 3.63) is 0 Å². The normalized spacial score (nSPS) is 12.7. The van der Waals surface area contributed by atoms with Crippen LogP contribution in [0.4, 0.5) is 8.78 Å². The van der Waals surface area contributed by atoms with Gasteiger partial charge in [-0.3, -0.25) is 4.79 Å². The summed E-state index contributed by atoms with van der Waals surface area (Å²) in [5.74, 6) is -4.27. The van der Waals surface area contributed by atoms with E-state index in [-0.39, 0.29) is 11.7 Å². The maximum atomic E-state index is 12.9. The van der Waals surface area contributed by atoms with E-state index in [1.165, 1.54) is 13.8 Å². The van der Waals surface area contributed by atoms with Crippen molar-refractivity contribution >= 4 is 5.78 Å². The Bertz CT molecular complexity index is 162. The summed E-state index contributed by atoms with van der Waals surface area (Å²) in [6.45, 7) is 6.12. The van der Waals surface area contributed by atoms with E-state index in [0.717, 1.165) is 0 Å². The molecule has 0 fully saturated rings. The lowest BCUT2D eigenvalue weighted by Crippen LogP contribution is -2.29. The molecule has 1 nitrogen and oxygen atoms in total. The first kappa shape index (κ1) is 11.5. The molecule has 0 bridgehead atoms. The molecule has 0 spiro atoms. The van der Waals surface area contributed by atoms with Crippen LogP contribution >= 0.6 is 0 Å². The van der Waals surface area contributed by atoms with Crippen molar-refractivity contribution in [2.45, 2.75) is 40.0 Å². The zero-order valence-corrected chi connectivity index (χ0v) is 8.03. The molecule has 0 aliphatic rings. The van der Waals surface area contributed by atoms with Gasteiger partial charge in [-0.1, -0.05) is 27.7 Å². The molecule has 0 aromatic rings. The molecule has 0 N–H and O–H groups in total. The van der Waals surface area contributed by atoms with Crippen molar-refractivity contribution in [2.75, 3.05) is 0 Å². The lowest BCUT2D eigenvalue weighted by Gasteiger charge is -2.20. The number of carbonyl (C=O) groups is 1. The van der Waals surface area contributed by atoms with Crippen LogP contribution in [0.15, 0.2) is 0 Å². The molecule has 0 unspecified atom stereocenters. The van der Waals surface area contributed by atoms with E-state index in [1.807, 2.05) is 0 Å². The average molecular weight is 178 g/mol. The highest BCUT2D eigenvalue weighted by atomic mass is 19.3. The Balaban J connectivity index is 4.15. The maximum Gasteiger partial charge on any atom is 0.257 e. The standard InChI is InChI=1S/C9H16F2O/c1-6(2)8(12)5-9(10,11)7(3)4/h6-7H,5H2,1-4H3. The van der Waals surface area contributed by atoms with E-state index in [9.17, 15) is 13.6 Å².